The summed E-state index contributed by atoms with van der Waals surface area (Å²) in [5.74, 6) is -1.57. The fraction of sp³-hybridized carbons (Fsp3) is 0.583. The van der Waals surface area contributed by atoms with Crippen LogP contribution >= 0.6 is 0 Å². The van der Waals surface area contributed by atoms with E-state index in [1.165, 1.54) is 6.33 Å². The molecule has 1 aromatic heterocycles. The maximum atomic E-state index is 11.9. The van der Waals surface area contributed by atoms with Gasteiger partial charge < -0.3 is 20.7 Å². The molecule has 7 nitrogen and oxygen atoms in total. The van der Waals surface area contributed by atoms with E-state index in [-0.39, 0.29) is 5.69 Å². The number of hydrogen-bond acceptors (Lipinski definition) is 4. The predicted molar refractivity (Wildman–Crippen MR) is 69.6 cm³/mol. The molecular formula is C12H20N4O3. The smallest absolute Gasteiger partial charge is 0.326 e. The molecule has 1 atom stereocenters. The first-order valence-corrected chi connectivity index (χ1v) is 6.01. The molecule has 4 N–H and O–H groups in total. The molecule has 19 heavy (non-hydrogen) atoms. The highest BCUT2D eigenvalue weighted by atomic mass is 16.4. The van der Waals surface area contributed by atoms with Crippen molar-refractivity contribution in [2.75, 3.05) is 6.54 Å². The monoisotopic (exact) mass is 268 g/mol. The second kappa shape index (κ2) is 5.83. The molecule has 1 rings (SSSR count). The lowest BCUT2D eigenvalue weighted by Gasteiger charge is -2.27. The normalized spacial score (nSPS) is 13.1. The first-order valence-electron chi connectivity index (χ1n) is 6.01. The molecule has 0 aliphatic rings. The van der Waals surface area contributed by atoms with Crippen molar-refractivity contribution in [3.05, 3.63) is 18.2 Å². The molecule has 106 valence electrons. The number of rotatable bonds is 5. The number of carbonyl (C=O) groups is 2. The second-order valence-electron chi connectivity index (χ2n) is 5.40. The van der Waals surface area contributed by atoms with Crippen molar-refractivity contribution in [3.8, 4) is 0 Å². The van der Waals surface area contributed by atoms with E-state index in [1.54, 1.807) is 31.5 Å². The lowest BCUT2D eigenvalue weighted by atomic mass is 9.87. The molecule has 0 fully saturated rings. The van der Waals surface area contributed by atoms with Crippen molar-refractivity contribution >= 4 is 11.9 Å². The summed E-state index contributed by atoms with van der Waals surface area (Å²) in [5.41, 5.74) is 5.00. The van der Waals surface area contributed by atoms with Gasteiger partial charge in [0.2, 0.25) is 0 Å². The van der Waals surface area contributed by atoms with Gasteiger partial charge in [-0.15, -0.1) is 0 Å². The van der Waals surface area contributed by atoms with Gasteiger partial charge in [0.25, 0.3) is 5.91 Å². The van der Waals surface area contributed by atoms with Crippen LogP contribution in [0, 0.1) is 5.41 Å². The number of nitrogens with zero attached hydrogens (tertiary/aromatic N) is 2. The average Bonchev–Trinajstić information content (AvgIpc) is 2.72. The van der Waals surface area contributed by atoms with E-state index in [9.17, 15) is 9.59 Å². The Bertz CT molecular complexity index is 462. The van der Waals surface area contributed by atoms with E-state index in [1.807, 2.05) is 0 Å². The number of amides is 1. The summed E-state index contributed by atoms with van der Waals surface area (Å²) in [5, 5.41) is 11.6. The van der Waals surface area contributed by atoms with Crippen LogP contribution in [0.4, 0.5) is 0 Å². The number of nitrogens with one attached hydrogen (secondary N) is 1. The summed E-state index contributed by atoms with van der Waals surface area (Å²) in [6.45, 7) is 6.25. The number of hydrogen-bond donors (Lipinski definition) is 3. The Morgan fingerprint density at radius 3 is 2.63 bits per heavy atom. The highest BCUT2D eigenvalue weighted by molar-refractivity contribution is 5.95. The summed E-state index contributed by atoms with van der Waals surface area (Å²) in [6.07, 6.45) is 3.04. The molecule has 0 saturated heterocycles. The third-order valence-corrected chi connectivity index (χ3v) is 2.64. The number of aromatic nitrogens is 2. The van der Waals surface area contributed by atoms with Crippen LogP contribution in [0.1, 0.15) is 31.3 Å². The number of carbonyl (C=O) groups excluding carboxylic acids is 1. The lowest BCUT2D eigenvalue weighted by Crippen LogP contribution is -2.49. The summed E-state index contributed by atoms with van der Waals surface area (Å²) >= 11 is 0. The van der Waals surface area contributed by atoms with E-state index >= 15 is 0 Å². The molecule has 0 unspecified atom stereocenters. The molecule has 1 aromatic rings. The minimum atomic E-state index is -1.07. The molecule has 0 aliphatic heterocycles. The molecular weight excluding hydrogens is 248 g/mol. The molecule has 1 amide bonds. The third kappa shape index (κ3) is 4.06. The standard InChI is InChI=1S/C12H20N4O3/c1-12(2,3)9(11(18)19)15-10(17)8-6-16(5-4-13)7-14-8/h6-7,9H,4-5,13H2,1-3H3,(H,15,17)(H,18,19)/t9-/m1/s1. The molecule has 0 aliphatic carbocycles. The van der Waals surface area contributed by atoms with Crippen molar-refractivity contribution in [1.29, 1.82) is 0 Å². The van der Waals surface area contributed by atoms with Gasteiger partial charge >= 0.3 is 5.97 Å². The number of carboxylic acid groups (broad SMARTS) is 1. The average molecular weight is 268 g/mol. The van der Waals surface area contributed by atoms with Crippen LogP contribution in [0.3, 0.4) is 0 Å². The maximum absolute atomic E-state index is 11.9. The van der Waals surface area contributed by atoms with Crippen LogP contribution in [0.5, 0.6) is 0 Å². The highest BCUT2D eigenvalue weighted by Crippen LogP contribution is 2.19. The minimum Gasteiger partial charge on any atom is -0.480 e. The fourth-order valence-corrected chi connectivity index (χ4v) is 1.60. The van der Waals surface area contributed by atoms with Gasteiger partial charge in [0, 0.05) is 19.3 Å². The summed E-state index contributed by atoms with van der Waals surface area (Å²) in [6, 6.07) is -0.973. The fourth-order valence-electron chi connectivity index (χ4n) is 1.60. The van der Waals surface area contributed by atoms with Gasteiger partial charge in [-0.1, -0.05) is 20.8 Å². The lowest BCUT2D eigenvalue weighted by molar-refractivity contribution is -0.142. The van der Waals surface area contributed by atoms with Crippen LogP contribution in [0.25, 0.3) is 0 Å². The third-order valence-electron chi connectivity index (χ3n) is 2.64. The van der Waals surface area contributed by atoms with E-state index in [4.69, 9.17) is 10.8 Å². The summed E-state index contributed by atoms with van der Waals surface area (Å²) < 4.78 is 1.68. The van der Waals surface area contributed by atoms with Crippen LogP contribution in [0.2, 0.25) is 0 Å². The predicted octanol–water partition coefficient (Wildman–Crippen LogP) is 0.0709. The Balaban J connectivity index is 2.79. The molecule has 1 heterocycles. The number of aliphatic carboxylic acids is 1. The van der Waals surface area contributed by atoms with E-state index in [0.717, 1.165) is 0 Å². The Labute approximate surface area is 111 Å². The van der Waals surface area contributed by atoms with Crippen molar-refractivity contribution < 1.29 is 14.7 Å². The molecule has 0 spiro atoms. The topological polar surface area (TPSA) is 110 Å². The first kappa shape index (κ1) is 15.2. The molecule has 0 aromatic carbocycles. The maximum Gasteiger partial charge on any atom is 0.326 e. The Kier molecular flexibility index (Phi) is 4.66. The second-order valence-corrected chi connectivity index (χ2v) is 5.40. The quantitative estimate of drug-likeness (QED) is 0.700. The van der Waals surface area contributed by atoms with Gasteiger partial charge in [-0.05, 0) is 5.41 Å². The van der Waals surface area contributed by atoms with Crippen molar-refractivity contribution in [2.45, 2.75) is 33.4 Å². The molecule has 0 saturated carbocycles. The zero-order chi connectivity index (χ0) is 14.6. The van der Waals surface area contributed by atoms with Crippen molar-refractivity contribution in [1.82, 2.24) is 14.9 Å². The molecule has 7 heteroatoms. The van der Waals surface area contributed by atoms with E-state index < -0.39 is 23.3 Å². The number of carboxylic acids is 1. The van der Waals surface area contributed by atoms with Crippen LogP contribution in [-0.2, 0) is 11.3 Å². The van der Waals surface area contributed by atoms with Gasteiger partial charge in [0.15, 0.2) is 0 Å². The van der Waals surface area contributed by atoms with Crippen LogP contribution in [-0.4, -0.2) is 39.1 Å². The minimum absolute atomic E-state index is 0.184. The van der Waals surface area contributed by atoms with Gasteiger partial charge in [0.05, 0.1) is 6.33 Å². The van der Waals surface area contributed by atoms with Gasteiger partial charge in [-0.2, -0.15) is 0 Å². The zero-order valence-corrected chi connectivity index (χ0v) is 11.4. The highest BCUT2D eigenvalue weighted by Gasteiger charge is 2.33. The summed E-state index contributed by atoms with van der Waals surface area (Å²) in [7, 11) is 0. The summed E-state index contributed by atoms with van der Waals surface area (Å²) in [4.78, 5) is 27.0. The van der Waals surface area contributed by atoms with Crippen LogP contribution < -0.4 is 11.1 Å². The van der Waals surface area contributed by atoms with E-state index in [2.05, 4.69) is 10.3 Å². The van der Waals surface area contributed by atoms with Gasteiger partial charge in [0.1, 0.15) is 11.7 Å². The SMILES string of the molecule is CC(C)(C)[C@H](NC(=O)c1cn(CCN)cn1)C(=O)O. The number of imidazole rings is 1. The van der Waals surface area contributed by atoms with Crippen molar-refractivity contribution in [3.63, 3.8) is 0 Å². The Morgan fingerprint density at radius 2 is 2.16 bits per heavy atom. The molecule has 0 bridgehead atoms. The van der Waals surface area contributed by atoms with E-state index in [0.29, 0.717) is 13.1 Å². The molecule has 0 radical (unpaired) electrons. The Morgan fingerprint density at radius 1 is 1.53 bits per heavy atom. The van der Waals surface area contributed by atoms with Gasteiger partial charge in [-0.25, -0.2) is 9.78 Å². The van der Waals surface area contributed by atoms with Gasteiger partial charge in [-0.3, -0.25) is 4.79 Å². The number of nitrogens with two attached hydrogens (primary N) is 1. The first-order chi connectivity index (χ1) is 8.75. The Hall–Kier alpha value is -1.89. The van der Waals surface area contributed by atoms with Crippen molar-refractivity contribution in [2.24, 2.45) is 11.1 Å². The largest absolute Gasteiger partial charge is 0.480 e. The van der Waals surface area contributed by atoms with Crippen LogP contribution in [0.15, 0.2) is 12.5 Å². The zero-order valence-electron chi connectivity index (χ0n) is 11.4.